The Hall–Kier alpha value is -2.50. The fourth-order valence-corrected chi connectivity index (χ4v) is 1.91. The average molecular weight is 304 g/mol. The van der Waals surface area contributed by atoms with Gasteiger partial charge in [-0.15, -0.1) is 0 Å². The van der Waals surface area contributed by atoms with Crippen LogP contribution in [0.4, 0.5) is 0 Å². The molecule has 0 saturated heterocycles. The summed E-state index contributed by atoms with van der Waals surface area (Å²) in [5.41, 5.74) is 0.969. The molecule has 1 aromatic carbocycles. The Morgan fingerprint density at radius 2 is 1.95 bits per heavy atom. The Labute approximate surface area is 129 Å². The van der Waals surface area contributed by atoms with Crippen LogP contribution in [0.5, 0.6) is 11.5 Å². The summed E-state index contributed by atoms with van der Waals surface area (Å²) < 4.78 is 17.4. The highest BCUT2D eigenvalue weighted by Crippen LogP contribution is 2.23. The third-order valence-electron chi connectivity index (χ3n) is 2.85. The molecule has 0 unspecified atom stereocenters. The van der Waals surface area contributed by atoms with E-state index in [-0.39, 0.29) is 18.4 Å². The maximum absolute atomic E-state index is 12.0. The first-order valence-electron chi connectivity index (χ1n) is 7.13. The van der Waals surface area contributed by atoms with Crippen molar-refractivity contribution < 1.29 is 19.0 Å². The summed E-state index contributed by atoms with van der Waals surface area (Å²) >= 11 is 0. The van der Waals surface area contributed by atoms with E-state index in [9.17, 15) is 4.79 Å². The van der Waals surface area contributed by atoms with Gasteiger partial charge in [0.15, 0.2) is 5.75 Å². The highest BCUT2D eigenvalue weighted by atomic mass is 16.5. The Morgan fingerprint density at radius 1 is 1.27 bits per heavy atom. The maximum Gasteiger partial charge on any atom is 0.362 e. The normalized spacial score (nSPS) is 10.6. The molecule has 6 nitrogen and oxygen atoms in total. The Bertz CT molecular complexity index is 632. The van der Waals surface area contributed by atoms with E-state index < -0.39 is 5.97 Å². The molecule has 1 aromatic heterocycles. The van der Waals surface area contributed by atoms with E-state index in [1.165, 1.54) is 0 Å². The number of rotatable bonds is 6. The molecule has 22 heavy (non-hydrogen) atoms. The van der Waals surface area contributed by atoms with Gasteiger partial charge in [0.05, 0.1) is 31.7 Å². The SMILES string of the molecule is CCOC(=O)c1nn(-c2ccc(OC)cc2)cc1OC(C)C. The number of hydrogen-bond donors (Lipinski definition) is 0. The van der Waals surface area contributed by atoms with Crippen LogP contribution in [0.25, 0.3) is 5.69 Å². The zero-order valence-corrected chi connectivity index (χ0v) is 13.2. The third kappa shape index (κ3) is 3.58. The Balaban J connectivity index is 2.37. The lowest BCUT2D eigenvalue weighted by Gasteiger charge is -2.08. The van der Waals surface area contributed by atoms with Crippen molar-refractivity contribution in [3.05, 3.63) is 36.2 Å². The highest BCUT2D eigenvalue weighted by molar-refractivity contribution is 5.90. The lowest BCUT2D eigenvalue weighted by Crippen LogP contribution is -2.11. The van der Waals surface area contributed by atoms with Gasteiger partial charge in [0.2, 0.25) is 5.69 Å². The molecule has 0 amide bonds. The predicted octanol–water partition coefficient (Wildman–Crippen LogP) is 2.84. The van der Waals surface area contributed by atoms with Gasteiger partial charge in [-0.05, 0) is 45.0 Å². The molecule has 0 atom stereocenters. The molecule has 0 N–H and O–H groups in total. The predicted molar refractivity (Wildman–Crippen MR) is 81.8 cm³/mol. The average Bonchev–Trinajstić information content (AvgIpc) is 2.90. The zero-order chi connectivity index (χ0) is 16.1. The van der Waals surface area contributed by atoms with Crippen molar-refractivity contribution in [1.29, 1.82) is 0 Å². The lowest BCUT2D eigenvalue weighted by molar-refractivity contribution is 0.0513. The van der Waals surface area contributed by atoms with Crippen LogP contribution in [0.3, 0.4) is 0 Å². The van der Waals surface area contributed by atoms with Gasteiger partial charge in [0.1, 0.15) is 5.75 Å². The minimum absolute atomic E-state index is 0.0679. The van der Waals surface area contributed by atoms with E-state index in [0.717, 1.165) is 11.4 Å². The van der Waals surface area contributed by atoms with Crippen molar-refractivity contribution in [2.45, 2.75) is 26.9 Å². The second kappa shape index (κ2) is 6.98. The molecule has 1 heterocycles. The molecule has 0 aliphatic rings. The second-order valence-electron chi connectivity index (χ2n) is 4.87. The van der Waals surface area contributed by atoms with E-state index in [0.29, 0.717) is 5.75 Å². The van der Waals surface area contributed by atoms with Gasteiger partial charge in [-0.25, -0.2) is 9.48 Å². The standard InChI is InChI=1S/C16H20N2O4/c1-5-21-16(19)15-14(22-11(2)3)10-18(17-15)12-6-8-13(20-4)9-7-12/h6-11H,5H2,1-4H3. The maximum atomic E-state index is 12.0. The number of ether oxygens (including phenoxy) is 3. The summed E-state index contributed by atoms with van der Waals surface area (Å²) in [5, 5.41) is 4.28. The first kappa shape index (κ1) is 15.9. The minimum Gasteiger partial charge on any atom is -0.497 e. The van der Waals surface area contributed by atoms with Gasteiger partial charge < -0.3 is 14.2 Å². The van der Waals surface area contributed by atoms with Crippen molar-refractivity contribution in [3.63, 3.8) is 0 Å². The van der Waals surface area contributed by atoms with Crippen LogP contribution in [0.1, 0.15) is 31.3 Å². The third-order valence-corrected chi connectivity index (χ3v) is 2.85. The molecule has 0 saturated carbocycles. The highest BCUT2D eigenvalue weighted by Gasteiger charge is 2.20. The number of hydrogen-bond acceptors (Lipinski definition) is 5. The van der Waals surface area contributed by atoms with Crippen LogP contribution in [-0.4, -0.2) is 35.6 Å². The number of aromatic nitrogens is 2. The van der Waals surface area contributed by atoms with Crippen LogP contribution in [0, 0.1) is 0 Å². The summed E-state index contributed by atoms with van der Waals surface area (Å²) in [6.07, 6.45) is 1.61. The van der Waals surface area contributed by atoms with E-state index in [1.807, 2.05) is 38.1 Å². The monoisotopic (exact) mass is 304 g/mol. The second-order valence-corrected chi connectivity index (χ2v) is 4.87. The molecule has 0 fully saturated rings. The van der Waals surface area contributed by atoms with Crippen molar-refractivity contribution in [1.82, 2.24) is 9.78 Å². The Morgan fingerprint density at radius 3 is 2.50 bits per heavy atom. The number of methoxy groups -OCH3 is 1. The molecule has 0 aliphatic heterocycles. The molecule has 0 bridgehead atoms. The summed E-state index contributed by atoms with van der Waals surface area (Å²) in [6.45, 7) is 5.82. The largest absolute Gasteiger partial charge is 0.497 e. The molecule has 0 spiro atoms. The van der Waals surface area contributed by atoms with E-state index in [1.54, 1.807) is 24.9 Å². The summed E-state index contributed by atoms with van der Waals surface area (Å²) in [4.78, 5) is 12.0. The Kier molecular flexibility index (Phi) is 5.04. The molecule has 6 heteroatoms. The quantitative estimate of drug-likeness (QED) is 0.768. The first-order chi connectivity index (χ1) is 10.5. The molecule has 2 rings (SSSR count). The number of carbonyl (C=O) groups excluding carboxylic acids is 1. The van der Waals surface area contributed by atoms with E-state index in [2.05, 4.69) is 5.10 Å². The van der Waals surface area contributed by atoms with Gasteiger partial charge >= 0.3 is 5.97 Å². The topological polar surface area (TPSA) is 62.6 Å². The molecule has 0 aliphatic carbocycles. The molecular weight excluding hydrogens is 284 g/mol. The van der Waals surface area contributed by atoms with Crippen molar-refractivity contribution >= 4 is 5.97 Å². The van der Waals surface area contributed by atoms with E-state index >= 15 is 0 Å². The first-order valence-corrected chi connectivity index (χ1v) is 7.13. The number of benzene rings is 1. The number of nitrogens with zero attached hydrogens (tertiary/aromatic N) is 2. The van der Waals surface area contributed by atoms with Gasteiger partial charge in [0.25, 0.3) is 0 Å². The van der Waals surface area contributed by atoms with Gasteiger partial charge in [-0.2, -0.15) is 5.10 Å². The zero-order valence-electron chi connectivity index (χ0n) is 13.2. The van der Waals surface area contributed by atoms with Crippen molar-refractivity contribution in [3.8, 4) is 17.2 Å². The van der Waals surface area contributed by atoms with Crippen LogP contribution < -0.4 is 9.47 Å². The number of esters is 1. The van der Waals surface area contributed by atoms with Gasteiger partial charge in [-0.1, -0.05) is 0 Å². The van der Waals surface area contributed by atoms with Crippen LogP contribution in [-0.2, 0) is 4.74 Å². The van der Waals surface area contributed by atoms with Crippen LogP contribution >= 0.6 is 0 Å². The van der Waals surface area contributed by atoms with Crippen molar-refractivity contribution in [2.24, 2.45) is 0 Å². The molecule has 118 valence electrons. The number of carbonyl (C=O) groups is 1. The van der Waals surface area contributed by atoms with Crippen LogP contribution in [0.15, 0.2) is 30.5 Å². The van der Waals surface area contributed by atoms with Gasteiger partial charge in [0, 0.05) is 0 Å². The summed E-state index contributed by atoms with van der Waals surface area (Å²) in [7, 11) is 1.61. The smallest absolute Gasteiger partial charge is 0.362 e. The molecule has 0 radical (unpaired) electrons. The van der Waals surface area contributed by atoms with E-state index in [4.69, 9.17) is 14.2 Å². The molecule has 2 aromatic rings. The van der Waals surface area contributed by atoms with Gasteiger partial charge in [-0.3, -0.25) is 0 Å². The van der Waals surface area contributed by atoms with Crippen LogP contribution in [0.2, 0.25) is 0 Å². The lowest BCUT2D eigenvalue weighted by atomic mass is 10.3. The summed E-state index contributed by atoms with van der Waals surface area (Å²) in [6, 6.07) is 7.34. The summed E-state index contributed by atoms with van der Waals surface area (Å²) in [5.74, 6) is 0.662. The minimum atomic E-state index is -0.495. The fourth-order valence-electron chi connectivity index (χ4n) is 1.91. The fraction of sp³-hybridized carbons (Fsp3) is 0.375. The van der Waals surface area contributed by atoms with Crippen molar-refractivity contribution in [2.75, 3.05) is 13.7 Å². The molecular formula is C16H20N2O4.